The van der Waals surface area contributed by atoms with Crippen LogP contribution in [0.1, 0.15) is 48.2 Å². The second kappa shape index (κ2) is 11.6. The summed E-state index contributed by atoms with van der Waals surface area (Å²) in [5.41, 5.74) is 19.0. The number of carboxylic acid groups (broad SMARTS) is 3. The molecule has 3 aromatic rings. The topological polar surface area (TPSA) is 229 Å². The fraction of sp³-hybridized carbons (Fsp3) is 0.143. The van der Waals surface area contributed by atoms with E-state index in [1.54, 1.807) is 20.8 Å². The molecule has 12 nitrogen and oxygen atoms in total. The molecule has 0 amide bonds. The van der Waals surface area contributed by atoms with Gasteiger partial charge in [-0.2, -0.15) is 0 Å². The van der Waals surface area contributed by atoms with Crippen molar-refractivity contribution in [1.29, 1.82) is 0 Å². The van der Waals surface area contributed by atoms with Crippen LogP contribution in [0.5, 0.6) is 0 Å². The predicted octanol–water partition coefficient (Wildman–Crippen LogP) is 2.01. The highest BCUT2D eigenvalue weighted by molar-refractivity contribution is 5.90. The Hall–Kier alpha value is -4.74. The number of aromatic nitrogens is 3. The van der Waals surface area contributed by atoms with Gasteiger partial charge in [-0.05, 0) is 39.0 Å². The third kappa shape index (κ3) is 8.13. The lowest BCUT2D eigenvalue weighted by molar-refractivity contribution is 0.0684. The molecule has 0 aliphatic rings. The van der Waals surface area contributed by atoms with E-state index in [0.717, 1.165) is 0 Å². The number of carbonyl (C=O) groups is 3. The minimum Gasteiger partial charge on any atom is -0.478 e. The average molecular weight is 456 g/mol. The van der Waals surface area contributed by atoms with Gasteiger partial charge in [0.1, 0.15) is 0 Å². The summed E-state index contributed by atoms with van der Waals surface area (Å²) in [6, 6.07) is 4.18. The van der Waals surface area contributed by atoms with E-state index in [9.17, 15) is 14.4 Å². The van der Waals surface area contributed by atoms with E-state index in [2.05, 4.69) is 15.0 Å². The van der Waals surface area contributed by atoms with Crippen molar-refractivity contribution >= 4 is 35.0 Å². The van der Waals surface area contributed by atoms with Crippen molar-refractivity contribution in [1.82, 2.24) is 15.0 Å². The predicted molar refractivity (Wildman–Crippen MR) is 121 cm³/mol. The quantitative estimate of drug-likeness (QED) is 0.332. The number of hydrogen-bond donors (Lipinski definition) is 6. The van der Waals surface area contributed by atoms with Gasteiger partial charge in [-0.1, -0.05) is 0 Å². The van der Waals surface area contributed by atoms with E-state index in [0.29, 0.717) is 34.1 Å². The van der Waals surface area contributed by atoms with Gasteiger partial charge in [0.2, 0.25) is 0 Å². The highest BCUT2D eigenvalue weighted by Gasteiger charge is 2.08. The van der Waals surface area contributed by atoms with Gasteiger partial charge in [-0.15, -0.1) is 0 Å². The van der Waals surface area contributed by atoms with Crippen LogP contribution in [0, 0.1) is 20.8 Å². The lowest BCUT2D eigenvalue weighted by Crippen LogP contribution is -2.02. The van der Waals surface area contributed by atoms with Crippen LogP contribution < -0.4 is 17.2 Å². The van der Waals surface area contributed by atoms with Crippen LogP contribution in [0.3, 0.4) is 0 Å². The monoisotopic (exact) mass is 456 g/mol. The first-order valence-corrected chi connectivity index (χ1v) is 9.19. The number of pyridine rings is 3. The molecule has 0 saturated carbocycles. The molecule has 12 heteroatoms. The number of nitrogens with zero attached hydrogens (tertiary/aromatic N) is 3. The highest BCUT2D eigenvalue weighted by atomic mass is 16.4. The van der Waals surface area contributed by atoms with Crippen molar-refractivity contribution in [2.45, 2.75) is 20.8 Å². The maximum absolute atomic E-state index is 10.5. The number of aryl methyl sites for hydroxylation is 3. The van der Waals surface area contributed by atoms with Crippen LogP contribution in [0.4, 0.5) is 17.1 Å². The molecule has 0 saturated heterocycles. The Morgan fingerprint density at radius 1 is 0.576 bits per heavy atom. The number of aromatic carboxylic acids is 3. The standard InChI is InChI=1S/3C7H8N2O2/c3*1-4-6(7(10)11)2-5(8)3-9-4/h3*2-3H,8H2,1H3,(H,10,11). The zero-order valence-electron chi connectivity index (χ0n) is 18.1. The molecule has 0 bridgehead atoms. The summed E-state index contributed by atoms with van der Waals surface area (Å²) in [5, 5.41) is 25.8. The van der Waals surface area contributed by atoms with E-state index in [1.165, 1.54) is 36.8 Å². The van der Waals surface area contributed by atoms with E-state index >= 15 is 0 Å². The summed E-state index contributed by atoms with van der Waals surface area (Å²) in [6.45, 7) is 4.88. The Bertz CT molecular complexity index is 1040. The van der Waals surface area contributed by atoms with Gasteiger partial charge in [0.25, 0.3) is 0 Å². The smallest absolute Gasteiger partial charge is 0.337 e. The molecule has 0 aliphatic heterocycles. The van der Waals surface area contributed by atoms with Gasteiger partial charge >= 0.3 is 17.9 Å². The van der Waals surface area contributed by atoms with Gasteiger partial charge in [0, 0.05) is 0 Å². The molecule has 0 spiro atoms. The summed E-state index contributed by atoms with van der Waals surface area (Å²) >= 11 is 0. The Morgan fingerprint density at radius 3 is 0.939 bits per heavy atom. The summed E-state index contributed by atoms with van der Waals surface area (Å²) in [5.74, 6) is -2.99. The molecule has 0 aromatic carbocycles. The molecule has 0 radical (unpaired) electrons. The Kier molecular flexibility index (Phi) is 9.24. The van der Waals surface area contributed by atoms with Crippen LogP contribution in [-0.4, -0.2) is 48.2 Å². The number of carboxylic acids is 3. The highest BCUT2D eigenvalue weighted by Crippen LogP contribution is 2.10. The number of rotatable bonds is 3. The molecule has 0 aliphatic carbocycles. The van der Waals surface area contributed by atoms with E-state index in [4.69, 9.17) is 32.5 Å². The number of anilines is 3. The van der Waals surface area contributed by atoms with Gasteiger partial charge in [-0.3, -0.25) is 15.0 Å². The molecule has 3 rings (SSSR count). The third-order valence-corrected chi connectivity index (χ3v) is 4.02. The minimum atomic E-state index is -0.998. The first-order valence-electron chi connectivity index (χ1n) is 9.19. The zero-order chi connectivity index (χ0) is 25.3. The maximum atomic E-state index is 10.5. The molecular formula is C21H24N6O6. The van der Waals surface area contributed by atoms with Crippen LogP contribution in [-0.2, 0) is 0 Å². The van der Waals surface area contributed by atoms with Gasteiger partial charge < -0.3 is 32.5 Å². The van der Waals surface area contributed by atoms with Crippen molar-refractivity contribution in [2.75, 3.05) is 17.2 Å². The number of hydrogen-bond acceptors (Lipinski definition) is 9. The first kappa shape index (κ1) is 26.3. The third-order valence-electron chi connectivity index (χ3n) is 4.02. The van der Waals surface area contributed by atoms with Crippen molar-refractivity contribution in [3.63, 3.8) is 0 Å². The second-order valence-corrected chi connectivity index (χ2v) is 6.62. The Balaban J connectivity index is 0.000000247. The average Bonchev–Trinajstić information content (AvgIpc) is 2.73. The fourth-order valence-electron chi connectivity index (χ4n) is 2.30. The lowest BCUT2D eigenvalue weighted by Gasteiger charge is -1.99. The number of nitrogen functional groups attached to an aromatic ring is 3. The van der Waals surface area contributed by atoms with Gasteiger partial charge in [-0.25, -0.2) is 14.4 Å². The minimum absolute atomic E-state index is 0.157. The van der Waals surface area contributed by atoms with Crippen molar-refractivity contribution in [3.05, 3.63) is 70.6 Å². The molecule has 3 aromatic heterocycles. The van der Waals surface area contributed by atoms with Crippen LogP contribution in [0.15, 0.2) is 36.8 Å². The molecule has 0 fully saturated rings. The van der Waals surface area contributed by atoms with E-state index in [-0.39, 0.29) is 16.7 Å². The SMILES string of the molecule is Cc1ncc(N)cc1C(=O)O.Cc1ncc(N)cc1C(=O)O.Cc1ncc(N)cc1C(=O)O. The molecule has 3 heterocycles. The van der Waals surface area contributed by atoms with Crippen molar-refractivity contribution < 1.29 is 29.7 Å². The van der Waals surface area contributed by atoms with Crippen LogP contribution in [0.25, 0.3) is 0 Å². The van der Waals surface area contributed by atoms with E-state index in [1.807, 2.05) is 0 Å². The zero-order valence-corrected chi connectivity index (χ0v) is 18.1. The number of nitrogens with two attached hydrogens (primary N) is 3. The van der Waals surface area contributed by atoms with Crippen molar-refractivity contribution in [3.8, 4) is 0 Å². The fourth-order valence-corrected chi connectivity index (χ4v) is 2.30. The molecular weight excluding hydrogens is 432 g/mol. The molecule has 33 heavy (non-hydrogen) atoms. The second-order valence-electron chi connectivity index (χ2n) is 6.62. The molecule has 174 valence electrons. The van der Waals surface area contributed by atoms with Crippen molar-refractivity contribution in [2.24, 2.45) is 0 Å². The molecule has 9 N–H and O–H groups in total. The Morgan fingerprint density at radius 2 is 0.788 bits per heavy atom. The largest absolute Gasteiger partial charge is 0.478 e. The van der Waals surface area contributed by atoms with Crippen LogP contribution in [0.2, 0.25) is 0 Å². The lowest BCUT2D eigenvalue weighted by atomic mass is 10.2. The Labute approximate surface area is 188 Å². The maximum Gasteiger partial charge on any atom is 0.337 e. The summed E-state index contributed by atoms with van der Waals surface area (Å²) in [7, 11) is 0. The normalized spacial score (nSPS) is 9.55. The van der Waals surface area contributed by atoms with Gasteiger partial charge in [0.05, 0.1) is 69.4 Å². The van der Waals surface area contributed by atoms with E-state index < -0.39 is 17.9 Å². The molecule has 0 atom stereocenters. The molecule has 0 unspecified atom stereocenters. The summed E-state index contributed by atoms with van der Waals surface area (Å²) in [6.07, 6.45) is 4.30. The summed E-state index contributed by atoms with van der Waals surface area (Å²) < 4.78 is 0. The van der Waals surface area contributed by atoms with Crippen LogP contribution >= 0.6 is 0 Å². The first-order chi connectivity index (χ1) is 15.3. The van der Waals surface area contributed by atoms with Gasteiger partial charge in [0.15, 0.2) is 0 Å². The summed E-state index contributed by atoms with van der Waals surface area (Å²) in [4.78, 5) is 42.8.